The van der Waals surface area contributed by atoms with Crippen LogP contribution in [0.25, 0.3) is 0 Å². The second-order valence-electron chi connectivity index (χ2n) is 38.5. The summed E-state index contributed by atoms with van der Waals surface area (Å²) in [5, 5.41) is 78.9. The first-order valence-electron chi connectivity index (χ1n) is 48.9. The van der Waals surface area contributed by atoms with Crippen LogP contribution in [-0.4, -0.2) is 188 Å². The van der Waals surface area contributed by atoms with Crippen molar-refractivity contribution in [3.05, 3.63) is 466 Å². The Morgan fingerprint density at radius 1 is 0.294 bits per heavy atom. The summed E-state index contributed by atoms with van der Waals surface area (Å²) < 4.78 is 64.5. The summed E-state index contributed by atoms with van der Waals surface area (Å²) in [6.07, 6.45) is -6.17. The lowest BCUT2D eigenvalue weighted by Gasteiger charge is -2.53. The molecule has 29 heteroatoms. The summed E-state index contributed by atoms with van der Waals surface area (Å²) in [5.41, 5.74) is 4.62. The number of nitrogens with zero attached hydrogens (tertiary/aromatic N) is 9. The average Bonchev–Trinajstić information content (AvgIpc) is 0.731. The molecule has 0 bridgehead atoms. The monoisotopic (exact) mass is 2010 g/mol. The highest BCUT2D eigenvalue weighted by atomic mass is 35.5. The molecule has 3 fully saturated rings. The fraction of sp³-hybridized carbons (Fsp3) is 0.316. The van der Waals surface area contributed by atoms with Crippen LogP contribution in [0.2, 0.25) is 0 Å². The highest BCUT2D eigenvalue weighted by Crippen LogP contribution is 2.61. The van der Waals surface area contributed by atoms with E-state index in [1.165, 1.54) is 0 Å². The first-order valence-corrected chi connectivity index (χ1v) is 51.4. The third kappa shape index (κ3) is 21.2. The molecule has 15 atom stereocenters. The van der Waals surface area contributed by atoms with Gasteiger partial charge in [-0.2, -0.15) is 13.9 Å². The van der Waals surface area contributed by atoms with Crippen molar-refractivity contribution in [2.24, 2.45) is 0 Å². The Hall–Kier alpha value is -10.5. The molecule has 0 spiro atoms. The smallest absolute Gasteiger partial charge is 0.374 e. The number of hydrogen-bond acceptors (Lipinski definition) is 25. The third-order valence-corrected chi connectivity index (χ3v) is 32.1. The summed E-state index contributed by atoms with van der Waals surface area (Å²) in [4.78, 5) is 12.3. The normalized spacial score (nSPS) is 24.3. The molecule has 0 amide bonds. The van der Waals surface area contributed by atoms with Crippen LogP contribution in [-0.2, 0) is 65.9 Å². The number of aliphatic hydroxyl groups excluding tert-OH is 6. The Balaban J connectivity index is 0.742. The van der Waals surface area contributed by atoms with Crippen LogP contribution in [0.1, 0.15) is 147 Å². The van der Waals surface area contributed by atoms with Crippen molar-refractivity contribution in [1.29, 1.82) is 0 Å². The summed E-state index contributed by atoms with van der Waals surface area (Å²) in [5.74, 6) is 0. The average molecular weight is 2010 g/mol. The Labute approximate surface area is 853 Å². The third-order valence-electron chi connectivity index (χ3n) is 29.4. The molecule has 6 unspecified atom stereocenters. The molecular formula is C114H126Cl3N12O13P. The molecule has 0 saturated carbocycles. The first-order chi connectivity index (χ1) is 69.2. The van der Waals surface area contributed by atoms with Gasteiger partial charge in [-0.05, 0) is 164 Å². The van der Waals surface area contributed by atoms with E-state index >= 15 is 4.57 Å². The Bertz CT molecular complexity index is 5380. The molecule has 12 aromatic carbocycles. The molecule has 143 heavy (non-hydrogen) atoms. The molecule has 25 nitrogen and oxygen atoms in total. The number of benzene rings is 12. The highest BCUT2D eigenvalue weighted by molar-refractivity contribution is 7.48. The van der Waals surface area contributed by atoms with Gasteiger partial charge in [-0.15, -0.1) is 0 Å². The van der Waals surface area contributed by atoms with Gasteiger partial charge < -0.3 is 59.5 Å². The predicted octanol–water partition coefficient (Wildman–Crippen LogP) is 18.6. The van der Waals surface area contributed by atoms with Crippen molar-refractivity contribution >= 4 is 43.2 Å². The van der Waals surface area contributed by atoms with Crippen LogP contribution in [0.3, 0.4) is 0 Å². The van der Waals surface area contributed by atoms with Crippen molar-refractivity contribution in [2.75, 3.05) is 39.3 Å². The summed E-state index contributed by atoms with van der Waals surface area (Å²) in [6, 6.07) is 122. The largest absolute Gasteiger partial charge is 0.528 e. The van der Waals surface area contributed by atoms with Gasteiger partial charge in [0.15, 0.2) is 19.1 Å². The fourth-order valence-electron chi connectivity index (χ4n) is 21.7. The molecule has 0 aliphatic carbocycles. The molecule has 0 aromatic heterocycles. The van der Waals surface area contributed by atoms with E-state index in [1.54, 1.807) is 54.1 Å². The summed E-state index contributed by atoms with van der Waals surface area (Å²) in [6.45, 7) is 12.6. The van der Waals surface area contributed by atoms with Crippen LogP contribution in [0.15, 0.2) is 399 Å². The fourth-order valence-corrected chi connectivity index (χ4v) is 24.1. The van der Waals surface area contributed by atoms with E-state index in [0.29, 0.717) is 53.0 Å². The number of hydrogen-bond donors (Lipinski definition) is 9. The summed E-state index contributed by atoms with van der Waals surface area (Å²) in [7, 11) is -5.69. The number of halogens is 3. The number of ether oxygens (including phenoxy) is 3. The van der Waals surface area contributed by atoms with Crippen molar-refractivity contribution in [2.45, 2.75) is 188 Å². The van der Waals surface area contributed by atoms with Crippen LogP contribution in [0.5, 0.6) is 0 Å². The van der Waals surface area contributed by atoms with Gasteiger partial charge in [0.1, 0.15) is 37.4 Å². The molecular weight excluding hydrogens is 1880 g/mol. The van der Waals surface area contributed by atoms with Gasteiger partial charge in [0, 0.05) is 93.2 Å². The van der Waals surface area contributed by atoms with Gasteiger partial charge in [0.2, 0.25) is 0 Å². The van der Waals surface area contributed by atoms with E-state index < -0.39 is 116 Å². The zero-order valence-electron chi connectivity index (χ0n) is 80.9. The van der Waals surface area contributed by atoms with Crippen LogP contribution in [0, 0.1) is 0 Å². The van der Waals surface area contributed by atoms with Crippen LogP contribution < -0.4 is 16.0 Å². The Morgan fingerprint density at radius 2 is 0.462 bits per heavy atom. The molecule has 9 N–H and O–H groups in total. The first kappa shape index (κ1) is 103. The second kappa shape index (κ2) is 44.8. The van der Waals surface area contributed by atoms with E-state index in [4.69, 9.17) is 63.4 Å². The minimum atomic E-state index is -5.69. The van der Waals surface area contributed by atoms with Crippen molar-refractivity contribution in [3.8, 4) is 0 Å². The summed E-state index contributed by atoms with van der Waals surface area (Å²) >= 11 is 24.6. The van der Waals surface area contributed by atoms with Crippen molar-refractivity contribution in [1.82, 2.24) is 59.1 Å². The topological polar surface area (TPSA) is 259 Å². The Morgan fingerprint density at radius 3 is 0.636 bits per heavy atom. The van der Waals surface area contributed by atoms with Crippen molar-refractivity contribution < 1.29 is 63.3 Å². The molecule has 18 rings (SSSR count). The number of aliphatic hydroxyl groups is 6. The number of morpholine rings is 3. The van der Waals surface area contributed by atoms with Gasteiger partial charge in [0.05, 0.1) is 51.5 Å². The van der Waals surface area contributed by atoms with Crippen molar-refractivity contribution in [3.63, 3.8) is 0 Å². The zero-order valence-corrected chi connectivity index (χ0v) is 84.1. The Kier molecular flexibility index (Phi) is 32.2. The van der Waals surface area contributed by atoms with Crippen LogP contribution in [0.4, 0.5) is 0 Å². The number of phosphoric acid groups is 1. The molecule has 6 aliphatic heterocycles. The number of nitrogens with one attached hydrogen (secondary N) is 3. The minimum Gasteiger partial charge on any atom is -0.374 e. The SMILES string of the molecule is CC1=CN([C@H]2CN(C(c3ccccc3)(c3ccccc3)c3ccccc3)C[C@H](CC[C@](C)(c3ccccc3)N(Cl)OP(=O)(ON(Cl)[C@](C)(CC[C@H]3CN(C(c4ccccc4)(c4ccccc4)c4ccccc4)C[C@H](N4C=C(C)C(O)NC4O)O3)c3ccccc3)ON(Cl)[C@](C)(CC[C@H]3CN(C(c4ccccc4)(c4ccccc4)c4ccccc4)C[C@H](N4C=C(C)C(O)NC4O)O3)c3ccccc3)O2)C(O)NC1O. The number of rotatable bonds is 36. The van der Waals surface area contributed by atoms with Crippen LogP contribution >= 0.6 is 43.2 Å². The van der Waals surface area contributed by atoms with Gasteiger partial charge in [-0.3, -0.25) is 14.7 Å². The van der Waals surface area contributed by atoms with E-state index in [2.05, 4.69) is 140 Å². The molecule has 0 radical (unpaired) electrons. The van der Waals surface area contributed by atoms with E-state index in [0.717, 1.165) is 63.8 Å². The standard InChI is InChI=1S/C114H126Cl3N12O13P/c1-82-73-124(106(133)118-103(82)130)100-79-121(112(88-49-25-10-26-50-88,89-51-27-11-28-52-89)90-53-29-12-30-54-90)76-97(137-100)67-70-109(4,85-43-19-7-20-44-85)127(115)140-143(136,141-128(116)110(5,86-45-21-8-22-46-86)71-68-98-77-122(80-101(138-98)125-74-83(2)104(131)119-107(125)134)113(91-55-31-13-32-56-91,92-57-33-14-34-58-92)93-59-35-15-36-60-93)142-129(117)111(6,87-47-23-9-24-48-87)72-69-99-78-123(81-102(139-99)126-75-84(3)105(132)120-108(126)135)114(94-61-37-16-38-62-94,95-63-39-17-40-64-95)96-65-41-18-42-66-96/h7-66,73-75,97-108,118-120,130-135H,67-72,76-81H2,1-6H3/t97-,98-,99-,100+,101+,102+,103?,104?,105?,106?,107?,108?,109+,110+,111+,143?/m0/s1. The molecule has 6 aliphatic rings. The maximum absolute atomic E-state index is 18.0. The zero-order chi connectivity index (χ0) is 99.7. The van der Waals surface area contributed by atoms with Gasteiger partial charge >= 0.3 is 7.82 Å². The molecule has 3 saturated heterocycles. The van der Waals surface area contributed by atoms with E-state index in [-0.39, 0.29) is 58.2 Å². The van der Waals surface area contributed by atoms with Gasteiger partial charge in [0.25, 0.3) is 0 Å². The van der Waals surface area contributed by atoms with Gasteiger partial charge in [-0.25, -0.2) is 20.5 Å². The predicted molar refractivity (Wildman–Crippen MR) is 554 cm³/mol. The lowest BCUT2D eigenvalue weighted by Crippen LogP contribution is -2.64. The molecule has 746 valence electrons. The van der Waals surface area contributed by atoms with E-state index in [9.17, 15) is 30.6 Å². The molecule has 12 aromatic rings. The lowest BCUT2D eigenvalue weighted by atomic mass is 9.75. The second-order valence-corrected chi connectivity index (χ2v) is 40.8. The number of hydroxylamine groups is 3. The lowest BCUT2D eigenvalue weighted by molar-refractivity contribution is -0.206. The minimum absolute atomic E-state index is 0.0910. The quantitative estimate of drug-likeness (QED) is 0.00765. The highest BCUT2D eigenvalue weighted by Gasteiger charge is 2.56. The molecule has 6 heterocycles. The van der Waals surface area contributed by atoms with Gasteiger partial charge in [-0.1, -0.05) is 378 Å². The maximum Gasteiger partial charge on any atom is 0.528 e. The maximum atomic E-state index is 18.0. The van der Waals surface area contributed by atoms with E-state index in [1.807, 2.05) is 276 Å².